The van der Waals surface area contributed by atoms with E-state index in [1.54, 1.807) is 0 Å². The molecule has 0 aromatic heterocycles. The first kappa shape index (κ1) is 13.6. The third kappa shape index (κ3) is 4.73. The van der Waals surface area contributed by atoms with Crippen LogP contribution in [-0.4, -0.2) is 24.5 Å². The molecule has 0 spiro atoms. The van der Waals surface area contributed by atoms with Crippen LogP contribution in [0.4, 0.5) is 0 Å². The fraction of sp³-hybridized carbons (Fsp3) is 0.467. The van der Waals surface area contributed by atoms with Gasteiger partial charge in [-0.05, 0) is 31.2 Å². The fourth-order valence-electron chi connectivity index (χ4n) is 1.97. The predicted molar refractivity (Wildman–Crippen MR) is 71.4 cm³/mol. The maximum atomic E-state index is 11.6. The fourth-order valence-corrected chi connectivity index (χ4v) is 1.97. The zero-order valence-electron chi connectivity index (χ0n) is 11.1. The Bertz CT molecular complexity index is 440. The molecule has 0 saturated heterocycles. The van der Waals surface area contributed by atoms with E-state index in [4.69, 9.17) is 4.74 Å². The minimum atomic E-state index is -0.375. The molecule has 1 saturated carbocycles. The summed E-state index contributed by atoms with van der Waals surface area (Å²) >= 11 is 0. The van der Waals surface area contributed by atoms with E-state index in [2.05, 4.69) is 5.32 Å². The maximum absolute atomic E-state index is 11.6. The first-order valence-corrected chi connectivity index (χ1v) is 6.64. The third-order valence-electron chi connectivity index (χ3n) is 3.27. The number of rotatable bonds is 6. The van der Waals surface area contributed by atoms with Crippen LogP contribution in [0.15, 0.2) is 30.3 Å². The van der Waals surface area contributed by atoms with Crippen molar-refractivity contribution in [2.75, 3.05) is 6.61 Å². The summed E-state index contributed by atoms with van der Waals surface area (Å²) in [7, 11) is 0. The third-order valence-corrected chi connectivity index (χ3v) is 3.27. The van der Waals surface area contributed by atoms with Gasteiger partial charge in [-0.3, -0.25) is 9.59 Å². The minimum Gasteiger partial charge on any atom is -0.455 e. The molecule has 4 heteroatoms. The van der Waals surface area contributed by atoms with Crippen molar-refractivity contribution < 1.29 is 14.3 Å². The topological polar surface area (TPSA) is 55.4 Å². The van der Waals surface area contributed by atoms with E-state index in [1.165, 1.54) is 12.8 Å². The van der Waals surface area contributed by atoms with Gasteiger partial charge in [-0.2, -0.15) is 0 Å². The van der Waals surface area contributed by atoms with Gasteiger partial charge >= 0.3 is 5.97 Å². The molecule has 2 rings (SSSR count). The summed E-state index contributed by atoms with van der Waals surface area (Å²) in [6.45, 7) is 1.80. The number of ether oxygens (including phenoxy) is 1. The van der Waals surface area contributed by atoms with Crippen LogP contribution in [0.25, 0.3) is 0 Å². The zero-order valence-corrected chi connectivity index (χ0v) is 11.1. The SMILES string of the molecule is CC(NC(=O)COC(=O)Cc1ccccc1)C1CC1. The van der Waals surface area contributed by atoms with E-state index in [9.17, 15) is 9.59 Å². The molecule has 19 heavy (non-hydrogen) atoms. The molecular formula is C15H19NO3. The van der Waals surface area contributed by atoms with Crippen LogP contribution in [0.2, 0.25) is 0 Å². The molecule has 1 unspecified atom stereocenters. The Kier molecular flexibility index (Phi) is 4.55. The zero-order chi connectivity index (χ0) is 13.7. The van der Waals surface area contributed by atoms with Crippen molar-refractivity contribution in [3.8, 4) is 0 Å². The Morgan fingerprint density at radius 1 is 1.32 bits per heavy atom. The molecule has 0 bridgehead atoms. The number of carbonyl (C=O) groups is 2. The van der Waals surface area contributed by atoms with Crippen molar-refractivity contribution in [3.63, 3.8) is 0 Å². The highest BCUT2D eigenvalue weighted by molar-refractivity contribution is 5.81. The number of benzene rings is 1. The van der Waals surface area contributed by atoms with Crippen LogP contribution in [0.1, 0.15) is 25.3 Å². The highest BCUT2D eigenvalue weighted by atomic mass is 16.5. The lowest BCUT2D eigenvalue weighted by Gasteiger charge is -2.12. The highest BCUT2D eigenvalue weighted by Crippen LogP contribution is 2.32. The van der Waals surface area contributed by atoms with Crippen LogP contribution in [0.3, 0.4) is 0 Å². The molecule has 1 fully saturated rings. The van der Waals surface area contributed by atoms with Gasteiger partial charge in [-0.25, -0.2) is 0 Å². The Hall–Kier alpha value is -1.84. The lowest BCUT2D eigenvalue weighted by molar-refractivity contribution is -0.148. The molecule has 1 atom stereocenters. The molecule has 102 valence electrons. The Morgan fingerprint density at radius 2 is 2.00 bits per heavy atom. The van der Waals surface area contributed by atoms with Crippen molar-refractivity contribution in [3.05, 3.63) is 35.9 Å². The summed E-state index contributed by atoms with van der Waals surface area (Å²) in [5, 5.41) is 2.84. The van der Waals surface area contributed by atoms with Gasteiger partial charge in [0.2, 0.25) is 0 Å². The molecule has 4 nitrogen and oxygen atoms in total. The second-order valence-corrected chi connectivity index (χ2v) is 5.02. The quantitative estimate of drug-likeness (QED) is 0.793. The van der Waals surface area contributed by atoms with E-state index in [0.29, 0.717) is 5.92 Å². The minimum absolute atomic E-state index is 0.181. The molecule has 1 N–H and O–H groups in total. The average molecular weight is 261 g/mol. The Labute approximate surface area is 113 Å². The smallest absolute Gasteiger partial charge is 0.310 e. The lowest BCUT2D eigenvalue weighted by atomic mass is 10.2. The van der Waals surface area contributed by atoms with Gasteiger partial charge in [0.05, 0.1) is 6.42 Å². The van der Waals surface area contributed by atoms with Crippen LogP contribution >= 0.6 is 0 Å². The molecule has 1 aliphatic rings. The van der Waals surface area contributed by atoms with Crippen molar-refractivity contribution in [2.45, 2.75) is 32.2 Å². The van der Waals surface area contributed by atoms with Crippen molar-refractivity contribution in [1.82, 2.24) is 5.32 Å². The molecule has 1 aromatic carbocycles. The van der Waals surface area contributed by atoms with Gasteiger partial charge in [0.25, 0.3) is 5.91 Å². The number of esters is 1. The second-order valence-electron chi connectivity index (χ2n) is 5.02. The molecule has 0 heterocycles. The Balaban J connectivity index is 1.66. The van der Waals surface area contributed by atoms with Gasteiger partial charge in [0.1, 0.15) is 0 Å². The van der Waals surface area contributed by atoms with Crippen LogP contribution in [0, 0.1) is 5.92 Å². The number of amides is 1. The average Bonchev–Trinajstić information content (AvgIpc) is 3.22. The van der Waals surface area contributed by atoms with Crippen LogP contribution in [-0.2, 0) is 20.7 Å². The first-order chi connectivity index (χ1) is 9.15. The van der Waals surface area contributed by atoms with Gasteiger partial charge in [0, 0.05) is 6.04 Å². The van der Waals surface area contributed by atoms with Crippen LogP contribution < -0.4 is 5.32 Å². The summed E-state index contributed by atoms with van der Waals surface area (Å²) in [5.41, 5.74) is 0.888. The van der Waals surface area contributed by atoms with Gasteiger partial charge in [0.15, 0.2) is 6.61 Å². The standard InChI is InChI=1S/C15H19NO3/c1-11(13-7-8-13)16-14(17)10-19-15(18)9-12-5-3-2-4-6-12/h2-6,11,13H,7-10H2,1H3,(H,16,17). The van der Waals surface area contributed by atoms with Crippen molar-refractivity contribution in [2.24, 2.45) is 5.92 Å². The molecule has 0 aliphatic heterocycles. The molecule has 1 aliphatic carbocycles. The van der Waals surface area contributed by atoms with E-state index in [1.807, 2.05) is 37.3 Å². The Morgan fingerprint density at radius 3 is 2.63 bits per heavy atom. The van der Waals surface area contributed by atoms with E-state index < -0.39 is 0 Å². The van der Waals surface area contributed by atoms with Gasteiger partial charge in [-0.15, -0.1) is 0 Å². The monoisotopic (exact) mass is 261 g/mol. The number of hydrogen-bond donors (Lipinski definition) is 1. The van der Waals surface area contributed by atoms with Gasteiger partial charge < -0.3 is 10.1 Å². The predicted octanol–water partition coefficient (Wildman–Crippen LogP) is 1.69. The summed E-state index contributed by atoms with van der Waals surface area (Å²) in [6.07, 6.45) is 2.55. The summed E-state index contributed by atoms with van der Waals surface area (Å²) in [6, 6.07) is 9.52. The maximum Gasteiger partial charge on any atom is 0.310 e. The normalized spacial score (nSPS) is 15.6. The highest BCUT2D eigenvalue weighted by Gasteiger charge is 2.28. The molecule has 1 aromatic rings. The molecule has 1 amide bonds. The van der Waals surface area contributed by atoms with Crippen LogP contribution in [0.5, 0.6) is 0 Å². The number of carbonyl (C=O) groups excluding carboxylic acids is 2. The van der Waals surface area contributed by atoms with E-state index in [-0.39, 0.29) is 30.9 Å². The molecular weight excluding hydrogens is 242 g/mol. The number of hydrogen-bond acceptors (Lipinski definition) is 3. The van der Waals surface area contributed by atoms with E-state index in [0.717, 1.165) is 5.56 Å². The second kappa shape index (κ2) is 6.36. The van der Waals surface area contributed by atoms with E-state index >= 15 is 0 Å². The lowest BCUT2D eigenvalue weighted by Crippen LogP contribution is -2.37. The van der Waals surface area contributed by atoms with Gasteiger partial charge in [-0.1, -0.05) is 30.3 Å². The largest absolute Gasteiger partial charge is 0.455 e. The van der Waals surface area contributed by atoms with Crippen molar-refractivity contribution >= 4 is 11.9 Å². The van der Waals surface area contributed by atoms with Crippen molar-refractivity contribution in [1.29, 1.82) is 0 Å². The molecule has 0 radical (unpaired) electrons. The summed E-state index contributed by atoms with van der Waals surface area (Å²) in [4.78, 5) is 23.1. The summed E-state index contributed by atoms with van der Waals surface area (Å²) < 4.78 is 4.96. The summed E-state index contributed by atoms with van der Waals surface area (Å²) in [5.74, 6) is 0.00482. The first-order valence-electron chi connectivity index (χ1n) is 6.64. The number of nitrogens with one attached hydrogen (secondary N) is 1.